The molecular weight excluding hydrogens is 280 g/mol. The van der Waals surface area contributed by atoms with Crippen molar-refractivity contribution in [2.45, 2.75) is 19.4 Å². The van der Waals surface area contributed by atoms with Gasteiger partial charge in [-0.1, -0.05) is 12.1 Å². The topological polar surface area (TPSA) is 75.2 Å². The Morgan fingerprint density at radius 3 is 2.95 bits per heavy atom. The SMILES string of the molecule is O=C(NCc1cccc(N2CCCC2=O)c1)c1cnccn1. The maximum absolute atomic E-state index is 11.9. The molecule has 1 aliphatic heterocycles. The molecule has 6 nitrogen and oxygen atoms in total. The van der Waals surface area contributed by atoms with Crippen LogP contribution >= 0.6 is 0 Å². The summed E-state index contributed by atoms with van der Waals surface area (Å²) in [6, 6.07) is 7.66. The first-order valence-electron chi connectivity index (χ1n) is 7.17. The lowest BCUT2D eigenvalue weighted by Crippen LogP contribution is -2.25. The zero-order valence-corrected chi connectivity index (χ0v) is 12.0. The summed E-state index contributed by atoms with van der Waals surface area (Å²) in [7, 11) is 0. The molecule has 6 heteroatoms. The average molecular weight is 296 g/mol. The molecular formula is C16H16N4O2. The normalized spacial score (nSPS) is 14.2. The van der Waals surface area contributed by atoms with Crippen LogP contribution in [0.2, 0.25) is 0 Å². The van der Waals surface area contributed by atoms with Crippen LogP contribution < -0.4 is 10.2 Å². The van der Waals surface area contributed by atoms with Gasteiger partial charge in [0, 0.05) is 37.6 Å². The van der Waals surface area contributed by atoms with Gasteiger partial charge in [-0.15, -0.1) is 0 Å². The molecule has 0 unspecified atom stereocenters. The zero-order chi connectivity index (χ0) is 15.4. The Kier molecular flexibility index (Phi) is 4.09. The van der Waals surface area contributed by atoms with Crippen molar-refractivity contribution in [3.63, 3.8) is 0 Å². The number of rotatable bonds is 4. The summed E-state index contributed by atoms with van der Waals surface area (Å²) in [5.74, 6) is -0.114. The first-order chi connectivity index (χ1) is 10.7. The van der Waals surface area contributed by atoms with Crippen LogP contribution in [0, 0.1) is 0 Å². The molecule has 2 aromatic rings. The van der Waals surface area contributed by atoms with Gasteiger partial charge in [0.2, 0.25) is 5.91 Å². The molecule has 1 saturated heterocycles. The van der Waals surface area contributed by atoms with Crippen LogP contribution in [0.15, 0.2) is 42.9 Å². The van der Waals surface area contributed by atoms with E-state index in [0.29, 0.717) is 13.0 Å². The Hall–Kier alpha value is -2.76. The third-order valence-electron chi connectivity index (χ3n) is 3.54. The summed E-state index contributed by atoms with van der Waals surface area (Å²) in [4.78, 5) is 33.3. The number of aromatic nitrogens is 2. The van der Waals surface area contributed by atoms with E-state index in [1.54, 1.807) is 4.90 Å². The van der Waals surface area contributed by atoms with Crippen molar-refractivity contribution in [1.82, 2.24) is 15.3 Å². The van der Waals surface area contributed by atoms with E-state index in [4.69, 9.17) is 0 Å². The molecule has 1 aromatic heterocycles. The van der Waals surface area contributed by atoms with Gasteiger partial charge in [0.1, 0.15) is 5.69 Å². The third kappa shape index (κ3) is 3.11. The number of amides is 2. The predicted octanol–water partition coefficient (Wildman–Crippen LogP) is 1.53. The highest BCUT2D eigenvalue weighted by atomic mass is 16.2. The molecule has 1 N–H and O–H groups in total. The third-order valence-corrected chi connectivity index (χ3v) is 3.54. The Morgan fingerprint density at radius 2 is 2.23 bits per heavy atom. The van der Waals surface area contributed by atoms with Crippen LogP contribution in [-0.2, 0) is 11.3 Å². The quantitative estimate of drug-likeness (QED) is 0.928. The van der Waals surface area contributed by atoms with Gasteiger partial charge in [-0.2, -0.15) is 0 Å². The fourth-order valence-corrected chi connectivity index (χ4v) is 2.44. The summed E-state index contributed by atoms with van der Waals surface area (Å²) in [6.45, 7) is 1.14. The molecule has 0 aliphatic carbocycles. The zero-order valence-electron chi connectivity index (χ0n) is 12.0. The largest absolute Gasteiger partial charge is 0.347 e. The van der Waals surface area contributed by atoms with Crippen molar-refractivity contribution < 1.29 is 9.59 Å². The fraction of sp³-hybridized carbons (Fsp3) is 0.250. The van der Waals surface area contributed by atoms with Crippen LogP contribution in [0.3, 0.4) is 0 Å². The molecule has 2 heterocycles. The minimum Gasteiger partial charge on any atom is -0.347 e. The van der Waals surface area contributed by atoms with Gasteiger partial charge in [0.05, 0.1) is 6.20 Å². The smallest absolute Gasteiger partial charge is 0.271 e. The summed E-state index contributed by atoms with van der Waals surface area (Å²) < 4.78 is 0. The van der Waals surface area contributed by atoms with Crippen LogP contribution in [0.4, 0.5) is 5.69 Å². The Balaban J connectivity index is 1.66. The van der Waals surface area contributed by atoms with Gasteiger partial charge >= 0.3 is 0 Å². The highest BCUT2D eigenvalue weighted by molar-refractivity contribution is 5.95. The second kappa shape index (κ2) is 6.34. The Morgan fingerprint density at radius 1 is 1.32 bits per heavy atom. The maximum atomic E-state index is 11.9. The minimum atomic E-state index is -0.268. The predicted molar refractivity (Wildman–Crippen MR) is 81.2 cm³/mol. The summed E-state index contributed by atoms with van der Waals surface area (Å²) in [5.41, 5.74) is 2.11. The fourth-order valence-electron chi connectivity index (χ4n) is 2.44. The molecule has 0 radical (unpaired) electrons. The van der Waals surface area contributed by atoms with Gasteiger partial charge in [-0.05, 0) is 24.1 Å². The molecule has 2 amide bonds. The lowest BCUT2D eigenvalue weighted by molar-refractivity contribution is -0.117. The second-order valence-corrected chi connectivity index (χ2v) is 5.09. The number of hydrogen-bond donors (Lipinski definition) is 1. The van der Waals surface area contributed by atoms with Crippen molar-refractivity contribution >= 4 is 17.5 Å². The van der Waals surface area contributed by atoms with Crippen LogP contribution in [0.5, 0.6) is 0 Å². The van der Waals surface area contributed by atoms with E-state index in [1.807, 2.05) is 24.3 Å². The number of nitrogens with zero attached hydrogens (tertiary/aromatic N) is 3. The lowest BCUT2D eigenvalue weighted by atomic mass is 10.2. The van der Waals surface area contributed by atoms with Gasteiger partial charge in [0.15, 0.2) is 0 Å². The van der Waals surface area contributed by atoms with Crippen LogP contribution in [-0.4, -0.2) is 28.3 Å². The molecule has 0 saturated carbocycles. The van der Waals surface area contributed by atoms with E-state index in [9.17, 15) is 9.59 Å². The number of carbonyl (C=O) groups is 2. The number of nitrogens with one attached hydrogen (secondary N) is 1. The molecule has 22 heavy (non-hydrogen) atoms. The number of hydrogen-bond acceptors (Lipinski definition) is 4. The van der Waals surface area contributed by atoms with Gasteiger partial charge in [-0.25, -0.2) is 4.98 Å². The number of carbonyl (C=O) groups excluding carboxylic acids is 2. The molecule has 0 bridgehead atoms. The van der Waals surface area contributed by atoms with Crippen molar-refractivity contribution in [3.8, 4) is 0 Å². The number of anilines is 1. The molecule has 112 valence electrons. The first kappa shape index (κ1) is 14.2. The van der Waals surface area contributed by atoms with Crippen molar-refractivity contribution in [3.05, 3.63) is 54.1 Å². The van der Waals surface area contributed by atoms with Gasteiger partial charge in [-0.3, -0.25) is 14.6 Å². The second-order valence-electron chi connectivity index (χ2n) is 5.09. The molecule has 1 aromatic carbocycles. The van der Waals surface area contributed by atoms with Gasteiger partial charge in [0.25, 0.3) is 5.91 Å². The first-order valence-corrected chi connectivity index (χ1v) is 7.17. The van der Waals surface area contributed by atoms with E-state index in [0.717, 1.165) is 24.2 Å². The molecule has 3 rings (SSSR count). The highest BCUT2D eigenvalue weighted by Crippen LogP contribution is 2.22. The number of benzene rings is 1. The summed E-state index contributed by atoms with van der Waals surface area (Å²) in [5, 5.41) is 2.80. The van der Waals surface area contributed by atoms with E-state index in [1.165, 1.54) is 18.6 Å². The van der Waals surface area contributed by atoms with Crippen LogP contribution in [0.25, 0.3) is 0 Å². The average Bonchev–Trinajstić information content (AvgIpc) is 3.00. The van der Waals surface area contributed by atoms with E-state index >= 15 is 0 Å². The Bertz CT molecular complexity index is 688. The minimum absolute atomic E-state index is 0.153. The van der Waals surface area contributed by atoms with Crippen molar-refractivity contribution in [1.29, 1.82) is 0 Å². The van der Waals surface area contributed by atoms with Crippen molar-refractivity contribution in [2.75, 3.05) is 11.4 Å². The van der Waals surface area contributed by atoms with E-state index in [2.05, 4.69) is 15.3 Å². The molecule has 0 atom stereocenters. The molecule has 1 fully saturated rings. The monoisotopic (exact) mass is 296 g/mol. The van der Waals surface area contributed by atoms with E-state index in [-0.39, 0.29) is 17.5 Å². The molecule has 1 aliphatic rings. The highest BCUT2D eigenvalue weighted by Gasteiger charge is 2.21. The standard InChI is InChI=1S/C16H16N4O2/c21-15-5-2-8-20(15)13-4-1-3-12(9-13)10-19-16(22)14-11-17-6-7-18-14/h1,3-4,6-7,9,11H,2,5,8,10H2,(H,19,22). The van der Waals surface area contributed by atoms with Crippen molar-refractivity contribution in [2.24, 2.45) is 0 Å². The summed E-state index contributed by atoms with van der Waals surface area (Å²) in [6.07, 6.45) is 5.93. The van der Waals surface area contributed by atoms with Gasteiger partial charge < -0.3 is 10.2 Å². The maximum Gasteiger partial charge on any atom is 0.271 e. The Labute approximate surface area is 128 Å². The van der Waals surface area contributed by atoms with E-state index < -0.39 is 0 Å². The van der Waals surface area contributed by atoms with Crippen LogP contribution in [0.1, 0.15) is 28.9 Å². The molecule has 0 spiro atoms. The lowest BCUT2D eigenvalue weighted by Gasteiger charge is -2.16. The summed E-state index contributed by atoms with van der Waals surface area (Å²) >= 11 is 0.